The molecule has 0 radical (unpaired) electrons. The van der Waals surface area contributed by atoms with Gasteiger partial charge in [0.1, 0.15) is 27.8 Å². The normalized spacial score (nSPS) is 16.6. The Bertz CT molecular complexity index is 1440. The summed E-state index contributed by atoms with van der Waals surface area (Å²) in [6.07, 6.45) is 5.94. The Morgan fingerprint density at radius 1 is 1.38 bits per heavy atom. The molecule has 1 atom stereocenters. The summed E-state index contributed by atoms with van der Waals surface area (Å²) in [5.74, 6) is -0.785. The number of ether oxygens (including phenoxy) is 1. The molecule has 1 aliphatic heterocycles. The minimum atomic E-state index is -3.29. The van der Waals surface area contributed by atoms with E-state index in [4.69, 9.17) is 10.5 Å². The highest BCUT2D eigenvalue weighted by molar-refractivity contribution is 8.25. The van der Waals surface area contributed by atoms with Crippen molar-refractivity contribution in [1.29, 1.82) is 0 Å². The molecule has 0 unspecified atom stereocenters. The SMILES string of the molecule is COc1cc2ncc(/C(N)=C/C(=NC3CNC3)C(=O)N[C@H](C)c3ncccc3F)n2cc1S(O)(O)C(C)(C)C. The first kappa shape index (κ1) is 28.5. The Morgan fingerprint density at radius 2 is 2.10 bits per heavy atom. The zero-order valence-corrected chi connectivity index (χ0v) is 23.3. The van der Waals surface area contributed by atoms with Crippen molar-refractivity contribution in [2.75, 3.05) is 20.2 Å². The number of pyridine rings is 2. The van der Waals surface area contributed by atoms with Crippen LogP contribution in [0.15, 0.2) is 52.8 Å². The lowest BCUT2D eigenvalue weighted by molar-refractivity contribution is -0.115. The van der Waals surface area contributed by atoms with Gasteiger partial charge in [-0.25, -0.2) is 9.37 Å². The van der Waals surface area contributed by atoms with Crippen LogP contribution in [0.2, 0.25) is 0 Å². The fourth-order valence-electron chi connectivity index (χ4n) is 3.90. The number of carbonyl (C=O) groups excluding carboxylic acids is 1. The Balaban J connectivity index is 1.72. The van der Waals surface area contributed by atoms with Crippen LogP contribution in [0.4, 0.5) is 4.39 Å². The van der Waals surface area contributed by atoms with Gasteiger partial charge in [0.25, 0.3) is 5.91 Å². The number of halogens is 1. The van der Waals surface area contributed by atoms with E-state index in [0.29, 0.717) is 24.4 Å². The van der Waals surface area contributed by atoms with E-state index in [9.17, 15) is 18.3 Å². The molecule has 11 nitrogen and oxygen atoms in total. The summed E-state index contributed by atoms with van der Waals surface area (Å²) < 4.78 is 42.6. The number of fused-ring (bicyclic) bond motifs is 1. The van der Waals surface area contributed by atoms with E-state index >= 15 is 0 Å². The van der Waals surface area contributed by atoms with E-state index in [1.165, 1.54) is 43.9 Å². The molecule has 1 fully saturated rings. The number of nitrogens with zero attached hydrogens (tertiary/aromatic N) is 4. The molecule has 4 rings (SSSR count). The van der Waals surface area contributed by atoms with Gasteiger partial charge >= 0.3 is 0 Å². The van der Waals surface area contributed by atoms with Crippen molar-refractivity contribution in [3.63, 3.8) is 0 Å². The van der Waals surface area contributed by atoms with Crippen LogP contribution < -0.4 is 21.1 Å². The summed E-state index contributed by atoms with van der Waals surface area (Å²) in [5.41, 5.74) is 7.66. The first-order valence-electron chi connectivity index (χ1n) is 12.3. The lowest BCUT2D eigenvalue weighted by Gasteiger charge is -2.44. The van der Waals surface area contributed by atoms with Gasteiger partial charge in [0.2, 0.25) is 0 Å². The summed E-state index contributed by atoms with van der Waals surface area (Å²) in [6.45, 7) is 8.03. The van der Waals surface area contributed by atoms with Gasteiger partial charge in [-0.1, -0.05) is 0 Å². The van der Waals surface area contributed by atoms with Crippen molar-refractivity contribution in [2.45, 2.75) is 49.4 Å². The van der Waals surface area contributed by atoms with Crippen molar-refractivity contribution >= 4 is 33.6 Å². The van der Waals surface area contributed by atoms with Crippen LogP contribution in [0.25, 0.3) is 11.3 Å². The summed E-state index contributed by atoms with van der Waals surface area (Å²) in [7, 11) is -1.84. The molecule has 6 N–H and O–H groups in total. The van der Waals surface area contributed by atoms with Gasteiger partial charge in [-0.05, 0) is 45.9 Å². The van der Waals surface area contributed by atoms with E-state index in [0.717, 1.165) is 0 Å². The first-order chi connectivity index (χ1) is 18.3. The van der Waals surface area contributed by atoms with Gasteiger partial charge in [0, 0.05) is 31.5 Å². The highest BCUT2D eigenvalue weighted by Gasteiger charge is 2.34. The van der Waals surface area contributed by atoms with Crippen molar-refractivity contribution in [2.24, 2.45) is 10.7 Å². The van der Waals surface area contributed by atoms with Crippen LogP contribution in [-0.2, 0) is 4.79 Å². The van der Waals surface area contributed by atoms with Crippen LogP contribution >= 0.6 is 10.6 Å². The third-order valence-corrected chi connectivity index (χ3v) is 9.03. The standard InChI is InChI=1S/C26H34FN7O4S/c1-15(24-17(27)7-6-8-30-24)32-25(35)19(33-16-11-29-12-16)9-18(28)20-13-31-23-10-21(38-5)22(14-34(20)23)39(36,37)26(2,3)4/h6-10,13-16,29,36-37H,11-12,28H2,1-5H3,(H,32,35)/b18-9-,33-19?/t15-/m1/s1. The van der Waals surface area contributed by atoms with E-state index in [1.807, 2.05) is 0 Å². The van der Waals surface area contributed by atoms with Crippen LogP contribution in [0.1, 0.15) is 45.1 Å². The van der Waals surface area contributed by atoms with Gasteiger partial charge in [-0.15, -0.1) is 0 Å². The lowest BCUT2D eigenvalue weighted by atomic mass is 10.1. The minimum absolute atomic E-state index is 0.0601. The van der Waals surface area contributed by atoms with Crippen molar-refractivity contribution in [1.82, 2.24) is 25.0 Å². The highest BCUT2D eigenvalue weighted by atomic mass is 32.3. The molecular formula is C26H34FN7O4S. The first-order valence-corrected chi connectivity index (χ1v) is 13.9. The quantitative estimate of drug-likeness (QED) is 0.263. The maximum atomic E-state index is 14.2. The molecule has 1 saturated heterocycles. The number of amides is 1. The lowest BCUT2D eigenvalue weighted by Crippen LogP contribution is -2.47. The topological polar surface area (TPSA) is 159 Å². The molecule has 0 aliphatic carbocycles. The maximum absolute atomic E-state index is 14.2. The largest absolute Gasteiger partial charge is 0.495 e. The van der Waals surface area contributed by atoms with E-state index in [-0.39, 0.29) is 33.8 Å². The molecule has 0 saturated carbocycles. The number of imidazole rings is 1. The molecule has 4 heterocycles. The Hall–Kier alpha value is -3.52. The van der Waals surface area contributed by atoms with Crippen LogP contribution in [0, 0.1) is 5.82 Å². The van der Waals surface area contributed by atoms with E-state index < -0.39 is 33.1 Å². The second-order valence-corrected chi connectivity index (χ2v) is 13.0. The number of carbonyl (C=O) groups is 1. The number of nitrogens with two attached hydrogens (primary N) is 1. The second-order valence-electron chi connectivity index (χ2n) is 10.2. The number of nitrogens with one attached hydrogen (secondary N) is 2. The molecule has 3 aromatic heterocycles. The predicted molar refractivity (Wildman–Crippen MR) is 150 cm³/mol. The average molecular weight is 560 g/mol. The average Bonchev–Trinajstić information content (AvgIpc) is 3.27. The third kappa shape index (κ3) is 5.76. The van der Waals surface area contributed by atoms with Crippen molar-refractivity contribution < 1.29 is 23.0 Å². The Labute approximate surface area is 227 Å². The summed E-state index contributed by atoms with van der Waals surface area (Å²) in [6, 6.07) is 3.52. The molecule has 210 valence electrons. The molecule has 1 amide bonds. The number of rotatable bonds is 8. The zero-order chi connectivity index (χ0) is 28.5. The Morgan fingerprint density at radius 3 is 2.69 bits per heavy atom. The van der Waals surface area contributed by atoms with Crippen molar-refractivity contribution in [3.05, 3.63) is 60.1 Å². The number of hydrogen-bond acceptors (Lipinski definition) is 9. The van der Waals surface area contributed by atoms with Crippen LogP contribution in [-0.4, -0.2) is 66.1 Å². The molecule has 0 spiro atoms. The summed E-state index contributed by atoms with van der Waals surface area (Å²) >= 11 is 0. The molecule has 13 heteroatoms. The number of methoxy groups -OCH3 is 1. The molecule has 0 aromatic carbocycles. The molecule has 1 aliphatic rings. The van der Waals surface area contributed by atoms with E-state index in [2.05, 4.69) is 25.6 Å². The maximum Gasteiger partial charge on any atom is 0.270 e. The number of aliphatic imine (C=N–C) groups is 1. The van der Waals surface area contributed by atoms with Crippen molar-refractivity contribution in [3.8, 4) is 5.75 Å². The smallest absolute Gasteiger partial charge is 0.270 e. The highest BCUT2D eigenvalue weighted by Crippen LogP contribution is 2.61. The molecule has 39 heavy (non-hydrogen) atoms. The van der Waals surface area contributed by atoms with Gasteiger partial charge in [-0.3, -0.25) is 28.3 Å². The van der Waals surface area contributed by atoms with Crippen LogP contribution in [0.3, 0.4) is 0 Å². The number of aromatic nitrogens is 3. The third-order valence-electron chi connectivity index (χ3n) is 6.40. The van der Waals surface area contributed by atoms with Crippen LogP contribution in [0.5, 0.6) is 5.75 Å². The minimum Gasteiger partial charge on any atom is -0.495 e. The predicted octanol–water partition coefficient (Wildman–Crippen LogP) is 3.37. The Kier molecular flexibility index (Phi) is 7.98. The summed E-state index contributed by atoms with van der Waals surface area (Å²) in [4.78, 5) is 26.4. The van der Waals surface area contributed by atoms with Gasteiger partial charge in [-0.2, -0.15) is 10.6 Å². The van der Waals surface area contributed by atoms with Gasteiger partial charge in [0.05, 0.1) is 47.2 Å². The van der Waals surface area contributed by atoms with E-state index in [1.54, 1.807) is 38.2 Å². The number of hydrogen-bond donors (Lipinski definition) is 5. The fourth-order valence-corrected chi connectivity index (χ4v) is 5.24. The zero-order valence-electron chi connectivity index (χ0n) is 22.5. The molecule has 3 aromatic rings. The fraction of sp³-hybridized carbons (Fsp3) is 0.385. The molecule has 0 bridgehead atoms. The van der Waals surface area contributed by atoms with Gasteiger partial charge < -0.3 is 21.1 Å². The molecular weight excluding hydrogens is 525 g/mol. The van der Waals surface area contributed by atoms with Gasteiger partial charge in [0.15, 0.2) is 0 Å². The second kappa shape index (κ2) is 10.9. The monoisotopic (exact) mass is 559 g/mol. The summed E-state index contributed by atoms with van der Waals surface area (Å²) in [5, 5.41) is 5.85.